The second-order valence-electron chi connectivity index (χ2n) is 5.14. The van der Waals surface area contributed by atoms with Gasteiger partial charge < -0.3 is 10.2 Å². The predicted molar refractivity (Wildman–Crippen MR) is 68.3 cm³/mol. The van der Waals surface area contributed by atoms with E-state index in [0.29, 0.717) is 12.0 Å². The summed E-state index contributed by atoms with van der Waals surface area (Å²) in [6.07, 6.45) is 6.85. The van der Waals surface area contributed by atoms with Gasteiger partial charge in [-0.05, 0) is 44.8 Å². The molecule has 1 saturated heterocycles. The fraction of sp³-hybridized carbons (Fsp3) is 0.692. The Morgan fingerprint density at radius 1 is 1.24 bits per heavy atom. The van der Waals surface area contributed by atoms with Crippen molar-refractivity contribution in [1.82, 2.24) is 15.3 Å². The Kier molecular flexibility index (Phi) is 2.97. The molecule has 1 aliphatic carbocycles. The minimum atomic E-state index is 0.623. The molecule has 1 N–H and O–H groups in total. The molecule has 1 saturated carbocycles. The fourth-order valence-electron chi connectivity index (χ4n) is 2.48. The average molecular weight is 232 g/mol. The van der Waals surface area contributed by atoms with E-state index in [2.05, 4.69) is 22.2 Å². The molecule has 0 spiro atoms. The molecule has 0 amide bonds. The van der Waals surface area contributed by atoms with Crippen molar-refractivity contribution < 1.29 is 0 Å². The number of hydrogen-bond donors (Lipinski definition) is 1. The highest BCUT2D eigenvalue weighted by Gasteiger charge is 2.27. The lowest BCUT2D eigenvalue weighted by molar-refractivity contribution is 0.441. The Labute approximate surface area is 102 Å². The van der Waals surface area contributed by atoms with Crippen molar-refractivity contribution in [3.8, 4) is 0 Å². The van der Waals surface area contributed by atoms with E-state index in [1.807, 2.05) is 12.3 Å². The Morgan fingerprint density at radius 2 is 2.00 bits per heavy atom. The zero-order valence-corrected chi connectivity index (χ0v) is 10.4. The molecule has 1 aromatic rings. The number of piperidine rings is 1. The van der Waals surface area contributed by atoms with Crippen molar-refractivity contribution in [2.24, 2.45) is 0 Å². The van der Waals surface area contributed by atoms with Gasteiger partial charge in [0.2, 0.25) is 0 Å². The first-order valence-corrected chi connectivity index (χ1v) is 6.61. The van der Waals surface area contributed by atoms with Crippen LogP contribution in [0.4, 0.5) is 5.82 Å². The molecule has 4 heteroatoms. The van der Waals surface area contributed by atoms with Gasteiger partial charge in [-0.1, -0.05) is 0 Å². The number of hydrogen-bond acceptors (Lipinski definition) is 4. The summed E-state index contributed by atoms with van der Waals surface area (Å²) < 4.78 is 0. The Balaban J connectivity index is 1.74. The van der Waals surface area contributed by atoms with E-state index < -0.39 is 0 Å². The van der Waals surface area contributed by atoms with E-state index in [1.54, 1.807) is 0 Å². The summed E-state index contributed by atoms with van der Waals surface area (Å²) >= 11 is 0. The third kappa shape index (κ3) is 2.41. The number of nitrogens with zero attached hydrogens (tertiary/aromatic N) is 3. The Morgan fingerprint density at radius 3 is 2.71 bits per heavy atom. The molecule has 1 aliphatic heterocycles. The normalized spacial score (nSPS) is 21.5. The molecule has 0 bridgehead atoms. The quantitative estimate of drug-likeness (QED) is 0.858. The number of aromatic nitrogens is 2. The first-order chi connectivity index (χ1) is 8.34. The standard InChI is InChI=1S/C13H20N4/c1-17(11-4-7-14-8-5-11)12-6-9-15-13(16-12)10-2-3-10/h6,9-11,14H,2-5,7-8H2,1H3. The van der Waals surface area contributed by atoms with Gasteiger partial charge >= 0.3 is 0 Å². The second-order valence-corrected chi connectivity index (χ2v) is 5.14. The van der Waals surface area contributed by atoms with Crippen LogP contribution in [0.5, 0.6) is 0 Å². The van der Waals surface area contributed by atoms with Crippen molar-refractivity contribution in [3.05, 3.63) is 18.1 Å². The minimum absolute atomic E-state index is 0.623. The van der Waals surface area contributed by atoms with Gasteiger partial charge in [-0.3, -0.25) is 0 Å². The fourth-order valence-corrected chi connectivity index (χ4v) is 2.48. The third-order valence-corrected chi connectivity index (χ3v) is 3.82. The van der Waals surface area contributed by atoms with Crippen molar-refractivity contribution in [3.63, 3.8) is 0 Å². The molecule has 0 aromatic carbocycles. The van der Waals surface area contributed by atoms with Crippen molar-refractivity contribution in [2.45, 2.75) is 37.6 Å². The van der Waals surface area contributed by atoms with Gasteiger partial charge in [-0.25, -0.2) is 9.97 Å². The molecule has 1 aromatic heterocycles. The Hall–Kier alpha value is -1.16. The van der Waals surface area contributed by atoms with Gasteiger partial charge in [0.25, 0.3) is 0 Å². The van der Waals surface area contributed by atoms with Gasteiger partial charge in [0, 0.05) is 25.2 Å². The van der Waals surface area contributed by atoms with Crippen LogP contribution in [-0.4, -0.2) is 36.1 Å². The highest BCUT2D eigenvalue weighted by molar-refractivity contribution is 5.38. The summed E-state index contributed by atoms with van der Waals surface area (Å²) in [6.45, 7) is 2.24. The lowest BCUT2D eigenvalue weighted by Crippen LogP contribution is -2.41. The first-order valence-electron chi connectivity index (χ1n) is 6.61. The topological polar surface area (TPSA) is 41.1 Å². The summed E-state index contributed by atoms with van der Waals surface area (Å²) in [7, 11) is 2.16. The summed E-state index contributed by atoms with van der Waals surface area (Å²) in [5.41, 5.74) is 0. The predicted octanol–water partition coefficient (Wildman–Crippen LogP) is 1.54. The van der Waals surface area contributed by atoms with Gasteiger partial charge in [0.1, 0.15) is 11.6 Å². The average Bonchev–Trinajstić information content (AvgIpc) is 3.23. The van der Waals surface area contributed by atoms with Gasteiger partial charge in [-0.2, -0.15) is 0 Å². The zero-order chi connectivity index (χ0) is 11.7. The molecular weight excluding hydrogens is 212 g/mol. The minimum Gasteiger partial charge on any atom is -0.356 e. The maximum atomic E-state index is 4.70. The largest absolute Gasteiger partial charge is 0.356 e. The van der Waals surface area contributed by atoms with Gasteiger partial charge in [-0.15, -0.1) is 0 Å². The van der Waals surface area contributed by atoms with Crippen molar-refractivity contribution in [2.75, 3.05) is 25.0 Å². The second kappa shape index (κ2) is 4.61. The van der Waals surface area contributed by atoms with Crippen LogP contribution in [0, 0.1) is 0 Å². The van der Waals surface area contributed by atoms with Crippen LogP contribution in [0.1, 0.15) is 37.4 Å². The van der Waals surface area contributed by atoms with Crippen LogP contribution in [0.3, 0.4) is 0 Å². The van der Waals surface area contributed by atoms with Crippen LogP contribution < -0.4 is 10.2 Å². The molecule has 0 atom stereocenters. The molecule has 2 aliphatic rings. The highest BCUT2D eigenvalue weighted by Crippen LogP contribution is 2.38. The maximum Gasteiger partial charge on any atom is 0.133 e. The van der Waals surface area contributed by atoms with E-state index in [1.165, 1.54) is 25.7 Å². The molecule has 4 nitrogen and oxygen atoms in total. The summed E-state index contributed by atoms with van der Waals surface area (Å²) in [5.74, 6) is 2.77. The van der Waals surface area contributed by atoms with Gasteiger partial charge in [0.05, 0.1) is 0 Å². The molecule has 92 valence electrons. The van der Waals surface area contributed by atoms with Crippen molar-refractivity contribution >= 4 is 5.82 Å². The van der Waals surface area contributed by atoms with E-state index in [9.17, 15) is 0 Å². The first kappa shape index (κ1) is 11.0. The summed E-state index contributed by atoms with van der Waals surface area (Å²) in [5, 5.41) is 3.40. The van der Waals surface area contributed by atoms with Gasteiger partial charge in [0.15, 0.2) is 0 Å². The molecule has 0 radical (unpaired) electrons. The maximum absolute atomic E-state index is 4.70. The van der Waals surface area contributed by atoms with Crippen LogP contribution in [0.2, 0.25) is 0 Å². The lowest BCUT2D eigenvalue weighted by atomic mass is 10.1. The van der Waals surface area contributed by atoms with Crippen LogP contribution in [-0.2, 0) is 0 Å². The summed E-state index contributed by atoms with van der Waals surface area (Å²) in [6, 6.07) is 2.66. The lowest BCUT2D eigenvalue weighted by Gasteiger charge is -2.32. The highest BCUT2D eigenvalue weighted by atomic mass is 15.2. The number of rotatable bonds is 3. The van der Waals surface area contributed by atoms with Crippen LogP contribution in [0.25, 0.3) is 0 Å². The number of nitrogens with one attached hydrogen (secondary N) is 1. The molecule has 2 heterocycles. The summed E-state index contributed by atoms with van der Waals surface area (Å²) in [4.78, 5) is 11.4. The molecule has 3 rings (SSSR count). The molecule has 2 fully saturated rings. The molecule has 17 heavy (non-hydrogen) atoms. The molecule has 0 unspecified atom stereocenters. The number of anilines is 1. The molecular formula is C13H20N4. The van der Waals surface area contributed by atoms with Crippen LogP contribution >= 0.6 is 0 Å². The van der Waals surface area contributed by atoms with E-state index in [4.69, 9.17) is 4.98 Å². The van der Waals surface area contributed by atoms with Crippen LogP contribution in [0.15, 0.2) is 12.3 Å². The third-order valence-electron chi connectivity index (χ3n) is 3.82. The Bertz CT molecular complexity index is 383. The van der Waals surface area contributed by atoms with E-state index >= 15 is 0 Å². The zero-order valence-electron chi connectivity index (χ0n) is 10.4. The monoisotopic (exact) mass is 232 g/mol. The van der Waals surface area contributed by atoms with E-state index in [0.717, 1.165) is 24.7 Å². The van der Waals surface area contributed by atoms with E-state index in [-0.39, 0.29) is 0 Å². The SMILES string of the molecule is CN(c1ccnc(C2CC2)n1)C1CCNCC1. The van der Waals surface area contributed by atoms with Crippen molar-refractivity contribution in [1.29, 1.82) is 0 Å². The smallest absolute Gasteiger partial charge is 0.133 e.